The Balaban J connectivity index is 0. The van der Waals surface area contributed by atoms with E-state index in [1.807, 2.05) is 0 Å². The number of rotatable bonds is 0. The van der Waals surface area contributed by atoms with E-state index in [1.54, 1.807) is 0 Å². The molecule has 0 aromatic heterocycles. The van der Waals surface area contributed by atoms with Crippen molar-refractivity contribution in [3.05, 3.63) is 0 Å². The van der Waals surface area contributed by atoms with Crippen molar-refractivity contribution in [2.24, 2.45) is 0 Å². The van der Waals surface area contributed by atoms with Crippen molar-refractivity contribution >= 4 is 0 Å². The summed E-state index contributed by atoms with van der Waals surface area (Å²) in [6, 6.07) is 0. The van der Waals surface area contributed by atoms with E-state index < -0.39 is 0 Å². The van der Waals surface area contributed by atoms with Gasteiger partial charge in [0.05, 0.1) is 0 Å². The molecule has 0 rings (SSSR count). The summed E-state index contributed by atoms with van der Waals surface area (Å²) in [6.45, 7) is 0. The van der Waals surface area contributed by atoms with E-state index in [0.717, 1.165) is 0 Å². The largest absolute Gasteiger partial charge is 2.00 e. The van der Waals surface area contributed by atoms with Crippen LogP contribution in [0.15, 0.2) is 0 Å². The van der Waals surface area contributed by atoms with E-state index in [9.17, 15) is 0 Å². The van der Waals surface area contributed by atoms with Crippen LogP contribution in [0.4, 0.5) is 0 Å². The molecule has 0 aromatic carbocycles. The van der Waals surface area contributed by atoms with Gasteiger partial charge in [-0.2, -0.15) is 0 Å². The summed E-state index contributed by atoms with van der Waals surface area (Å²) >= 11 is 0. The zero-order chi connectivity index (χ0) is 0. The van der Waals surface area contributed by atoms with Gasteiger partial charge in [0.15, 0.2) is 0 Å². The molecule has 0 aromatic rings. The number of hydrogen-bond acceptors (Lipinski definition) is 0. The van der Waals surface area contributed by atoms with Gasteiger partial charge in [-0.25, -0.2) is 0 Å². The summed E-state index contributed by atoms with van der Waals surface area (Å²) in [5.41, 5.74) is 0. The molecule has 0 amide bonds. The molecule has 0 atom stereocenters. The molecule has 0 aliphatic carbocycles. The normalized spacial score (nSPS) is 0. The van der Waals surface area contributed by atoms with Crippen molar-refractivity contribution in [1.82, 2.24) is 0 Å². The quantitative estimate of drug-likeness (QED) is 0.323. The Labute approximate surface area is 42.2 Å². The molecule has 32 valence electrons. The van der Waals surface area contributed by atoms with Crippen LogP contribution in [0.5, 0.6) is 0 Å². The fourth-order valence-electron chi connectivity index (χ4n) is 0. The second-order valence-electron chi connectivity index (χ2n) is 0. The summed E-state index contributed by atoms with van der Waals surface area (Å²) < 4.78 is 0. The van der Waals surface area contributed by atoms with Gasteiger partial charge >= 0.3 is 19.5 Å². The molecule has 0 radical (unpaired) electrons. The first-order valence-corrected chi connectivity index (χ1v) is 0. The van der Waals surface area contributed by atoms with Crippen LogP contribution in [0.2, 0.25) is 0 Å². The minimum absolute atomic E-state index is 0. The van der Waals surface area contributed by atoms with Crippen molar-refractivity contribution in [3.63, 3.8) is 0 Å². The Hall–Kier alpha value is 0.463. The zero-order valence-electron chi connectivity index (χ0n) is 2.62. The average molecular weight is 135 g/mol. The van der Waals surface area contributed by atoms with Gasteiger partial charge in [0, 0.05) is 0 Å². The summed E-state index contributed by atoms with van der Waals surface area (Å²) in [7, 11) is 0. The Bertz CT molecular complexity index is 3.61. The number of hydrogen-bond donors (Lipinski definition) is 0. The topological polar surface area (TPSA) is 123 Å². The van der Waals surface area contributed by atoms with Gasteiger partial charge in [-0.1, -0.05) is 0 Å². The van der Waals surface area contributed by atoms with Crippen molar-refractivity contribution in [1.29, 1.82) is 0 Å². The molecule has 0 fully saturated rings. The summed E-state index contributed by atoms with van der Waals surface area (Å²) in [6.07, 6.45) is 0. The zero-order valence-corrected chi connectivity index (χ0v) is 5.58. The molecule has 0 unspecified atom stereocenters. The van der Waals surface area contributed by atoms with Gasteiger partial charge in [-0.3, -0.25) is 0 Å². The molecule has 0 aliphatic rings. The monoisotopic (exact) mass is 134 g/mol. The van der Waals surface area contributed by atoms with Crippen LogP contribution in [0.1, 0.15) is 0 Å². The molecular weight excluding hydrogens is 129 g/mol. The standard InChI is InChI=1S/3H2O.O.Zn/h3*1H2;;/q;;;-2;+2. The third kappa shape index (κ3) is 126. The van der Waals surface area contributed by atoms with Gasteiger partial charge in [0.1, 0.15) is 0 Å². The van der Waals surface area contributed by atoms with Crippen LogP contribution in [0.3, 0.4) is 0 Å². The summed E-state index contributed by atoms with van der Waals surface area (Å²) in [5.74, 6) is 0. The first kappa shape index (κ1) is 507. The molecule has 0 aliphatic heterocycles. The minimum Gasteiger partial charge on any atom is -2.00 e. The van der Waals surface area contributed by atoms with Gasteiger partial charge in [0.25, 0.3) is 0 Å². The smallest absolute Gasteiger partial charge is 2.00 e. The molecular formula is H6O4Zn. The van der Waals surface area contributed by atoms with Crippen LogP contribution >= 0.6 is 0 Å². The summed E-state index contributed by atoms with van der Waals surface area (Å²) in [5, 5.41) is 0. The second kappa shape index (κ2) is 249. The maximum Gasteiger partial charge on any atom is 2.00 e. The maximum absolute atomic E-state index is 0. The molecule has 6 N–H and O–H groups in total. The Morgan fingerprint density at radius 3 is 0.600 bits per heavy atom. The Morgan fingerprint density at radius 1 is 0.600 bits per heavy atom. The van der Waals surface area contributed by atoms with Crippen LogP contribution in [0.25, 0.3) is 0 Å². The minimum atomic E-state index is 0. The van der Waals surface area contributed by atoms with Crippen LogP contribution in [0, 0.1) is 0 Å². The van der Waals surface area contributed by atoms with E-state index in [2.05, 4.69) is 0 Å². The van der Waals surface area contributed by atoms with Crippen LogP contribution in [-0.4, -0.2) is 16.4 Å². The molecule has 0 saturated heterocycles. The first-order valence-electron chi connectivity index (χ1n) is 0. The van der Waals surface area contributed by atoms with E-state index in [1.165, 1.54) is 0 Å². The van der Waals surface area contributed by atoms with Gasteiger partial charge in [0.2, 0.25) is 0 Å². The summed E-state index contributed by atoms with van der Waals surface area (Å²) in [4.78, 5) is 0. The molecule has 0 heterocycles. The molecule has 5 heteroatoms. The van der Waals surface area contributed by atoms with E-state index in [0.29, 0.717) is 0 Å². The predicted molar refractivity (Wildman–Crippen MR) is 11.5 cm³/mol. The molecule has 4 nitrogen and oxygen atoms in total. The fourth-order valence-corrected chi connectivity index (χ4v) is 0. The fraction of sp³-hybridized carbons (Fsp3) is 0. The molecule has 0 saturated carbocycles. The SMILES string of the molecule is O.O.O.[O-2].[Zn+2]. The Kier molecular flexibility index (Phi) is 25300. The van der Waals surface area contributed by atoms with Gasteiger partial charge in [-0.05, 0) is 0 Å². The van der Waals surface area contributed by atoms with Crippen molar-refractivity contribution < 1.29 is 41.4 Å². The third-order valence-corrected chi connectivity index (χ3v) is 0. The molecule has 5 heavy (non-hydrogen) atoms. The van der Waals surface area contributed by atoms with E-state index in [4.69, 9.17) is 0 Å². The van der Waals surface area contributed by atoms with E-state index >= 15 is 0 Å². The van der Waals surface area contributed by atoms with E-state index in [-0.39, 0.29) is 41.4 Å². The van der Waals surface area contributed by atoms with Crippen LogP contribution < -0.4 is 0 Å². The molecule has 0 bridgehead atoms. The van der Waals surface area contributed by atoms with Crippen molar-refractivity contribution in [2.45, 2.75) is 0 Å². The van der Waals surface area contributed by atoms with Crippen LogP contribution in [-0.2, 0) is 25.0 Å². The molecule has 0 spiro atoms. The first-order chi connectivity index (χ1) is 0. The van der Waals surface area contributed by atoms with Gasteiger partial charge in [-0.15, -0.1) is 0 Å². The maximum atomic E-state index is 0. The Morgan fingerprint density at radius 2 is 0.600 bits per heavy atom. The predicted octanol–water partition coefficient (Wildman–Crippen LogP) is -2.60. The third-order valence-electron chi connectivity index (χ3n) is 0. The second-order valence-corrected chi connectivity index (χ2v) is 0. The van der Waals surface area contributed by atoms with Crippen molar-refractivity contribution in [3.8, 4) is 0 Å². The average Bonchev–Trinajstić information content (AvgIpc) is 0. The van der Waals surface area contributed by atoms with Gasteiger partial charge < -0.3 is 21.9 Å². The van der Waals surface area contributed by atoms with Crippen molar-refractivity contribution in [2.75, 3.05) is 0 Å².